The van der Waals surface area contributed by atoms with Gasteiger partial charge in [-0.05, 0) is 42.9 Å². The van der Waals surface area contributed by atoms with Crippen molar-refractivity contribution in [3.8, 4) is 0 Å². The second-order valence-corrected chi connectivity index (χ2v) is 5.68. The smallest absolute Gasteiger partial charge is 0.237 e. The third-order valence-electron chi connectivity index (χ3n) is 3.13. The van der Waals surface area contributed by atoms with E-state index >= 15 is 0 Å². The number of fused-ring (bicyclic) bond motifs is 1. The van der Waals surface area contributed by atoms with Crippen LogP contribution in [0.4, 0.5) is 5.69 Å². The molecule has 0 aliphatic carbocycles. The fourth-order valence-electron chi connectivity index (χ4n) is 2.21. The molecule has 1 aliphatic heterocycles. The molecule has 1 fully saturated rings. The van der Waals surface area contributed by atoms with Crippen LogP contribution in [-0.2, 0) is 4.79 Å². The number of aromatic nitrogens is 1. The van der Waals surface area contributed by atoms with E-state index in [1.165, 1.54) is 0 Å². The third-order valence-corrected chi connectivity index (χ3v) is 4.50. The number of rotatable bonds is 2. The number of nitrogens with one attached hydrogen (secondary N) is 1. The van der Waals surface area contributed by atoms with Gasteiger partial charge >= 0.3 is 0 Å². The summed E-state index contributed by atoms with van der Waals surface area (Å²) in [5.74, 6) is 1.21. The largest absolute Gasteiger partial charge is 0.324 e. The zero-order valence-electron chi connectivity index (χ0n) is 9.93. The van der Waals surface area contributed by atoms with Crippen molar-refractivity contribution in [2.75, 3.05) is 11.1 Å². The Morgan fingerprint density at radius 1 is 1.33 bits per heavy atom. The number of carbonyl (C=O) groups is 1. The van der Waals surface area contributed by atoms with Gasteiger partial charge in [0, 0.05) is 11.6 Å². The van der Waals surface area contributed by atoms with E-state index in [4.69, 9.17) is 0 Å². The molecule has 3 nitrogen and oxygen atoms in total. The van der Waals surface area contributed by atoms with Crippen LogP contribution in [0.5, 0.6) is 0 Å². The van der Waals surface area contributed by atoms with Crippen molar-refractivity contribution in [2.24, 2.45) is 0 Å². The molecular weight excluding hydrogens is 244 g/mol. The Bertz CT molecular complexity index is 574. The lowest BCUT2D eigenvalue weighted by Gasteiger charge is -2.11. The topological polar surface area (TPSA) is 42.0 Å². The molecule has 0 spiro atoms. The molecule has 3 rings (SSSR count). The van der Waals surface area contributed by atoms with Crippen LogP contribution >= 0.6 is 11.8 Å². The second-order valence-electron chi connectivity index (χ2n) is 4.37. The lowest BCUT2D eigenvalue weighted by atomic mass is 10.1. The van der Waals surface area contributed by atoms with Crippen molar-refractivity contribution in [1.29, 1.82) is 0 Å². The van der Waals surface area contributed by atoms with Crippen LogP contribution in [-0.4, -0.2) is 21.9 Å². The number of benzene rings is 1. The minimum Gasteiger partial charge on any atom is -0.324 e. The van der Waals surface area contributed by atoms with Gasteiger partial charge in [-0.1, -0.05) is 6.07 Å². The van der Waals surface area contributed by atoms with Crippen LogP contribution in [0.25, 0.3) is 10.9 Å². The summed E-state index contributed by atoms with van der Waals surface area (Å²) in [5.41, 5.74) is 1.77. The molecule has 1 atom stereocenters. The van der Waals surface area contributed by atoms with Crippen LogP contribution < -0.4 is 5.32 Å². The summed E-state index contributed by atoms with van der Waals surface area (Å²) in [7, 11) is 0. The summed E-state index contributed by atoms with van der Waals surface area (Å²) in [4.78, 5) is 16.4. The van der Waals surface area contributed by atoms with Crippen molar-refractivity contribution in [2.45, 2.75) is 18.1 Å². The summed E-state index contributed by atoms with van der Waals surface area (Å²) in [6.07, 6.45) is 3.89. The van der Waals surface area contributed by atoms with Gasteiger partial charge in [-0.15, -0.1) is 11.8 Å². The first-order chi connectivity index (χ1) is 8.84. The van der Waals surface area contributed by atoms with Crippen LogP contribution in [0, 0.1) is 0 Å². The summed E-state index contributed by atoms with van der Waals surface area (Å²) in [6, 6.07) is 9.69. The van der Waals surface area contributed by atoms with Crippen molar-refractivity contribution in [3.63, 3.8) is 0 Å². The van der Waals surface area contributed by atoms with Gasteiger partial charge in [0.15, 0.2) is 0 Å². The standard InChI is InChI=1S/C14H14N2OS/c17-14(13-7-3-9-18-13)16-12-6-1-5-11-10(12)4-2-8-15-11/h1-2,4-6,8,13H,3,7,9H2,(H,16,17). The molecule has 1 saturated heterocycles. The highest BCUT2D eigenvalue weighted by atomic mass is 32.2. The van der Waals surface area contributed by atoms with Crippen LogP contribution in [0.3, 0.4) is 0 Å². The van der Waals surface area contributed by atoms with Gasteiger partial charge in [-0.25, -0.2) is 0 Å². The van der Waals surface area contributed by atoms with Crippen molar-refractivity contribution >= 4 is 34.3 Å². The third kappa shape index (κ3) is 2.20. The van der Waals surface area contributed by atoms with Gasteiger partial charge in [-0.2, -0.15) is 0 Å². The average Bonchev–Trinajstić information content (AvgIpc) is 2.93. The van der Waals surface area contributed by atoms with Gasteiger partial charge in [0.25, 0.3) is 0 Å². The number of carbonyl (C=O) groups excluding carboxylic acids is 1. The SMILES string of the molecule is O=C(Nc1cccc2ncccc12)C1CCCS1. The zero-order valence-corrected chi connectivity index (χ0v) is 10.7. The van der Waals surface area contributed by atoms with E-state index in [-0.39, 0.29) is 11.2 Å². The lowest BCUT2D eigenvalue weighted by molar-refractivity contribution is -0.115. The number of hydrogen-bond acceptors (Lipinski definition) is 3. The molecule has 0 bridgehead atoms. The average molecular weight is 258 g/mol. The molecule has 92 valence electrons. The summed E-state index contributed by atoms with van der Waals surface area (Å²) >= 11 is 1.75. The molecule has 1 aromatic carbocycles. The fourth-order valence-corrected chi connectivity index (χ4v) is 3.37. The minimum atomic E-state index is 0.108. The molecular formula is C14H14N2OS. The first kappa shape index (κ1) is 11.5. The van der Waals surface area contributed by atoms with E-state index in [9.17, 15) is 4.79 Å². The highest BCUT2D eigenvalue weighted by Gasteiger charge is 2.23. The van der Waals surface area contributed by atoms with Gasteiger partial charge in [0.2, 0.25) is 5.91 Å². The normalized spacial score (nSPS) is 19.0. The molecule has 18 heavy (non-hydrogen) atoms. The molecule has 0 saturated carbocycles. The van der Waals surface area contributed by atoms with Crippen LogP contribution in [0.2, 0.25) is 0 Å². The maximum Gasteiger partial charge on any atom is 0.237 e. The Morgan fingerprint density at radius 2 is 2.28 bits per heavy atom. The number of anilines is 1. The van der Waals surface area contributed by atoms with Gasteiger partial charge in [0.05, 0.1) is 16.5 Å². The van der Waals surface area contributed by atoms with Gasteiger partial charge in [0.1, 0.15) is 0 Å². The van der Waals surface area contributed by atoms with Crippen LogP contribution in [0.1, 0.15) is 12.8 Å². The van der Waals surface area contributed by atoms with E-state index in [0.717, 1.165) is 35.2 Å². The van der Waals surface area contributed by atoms with Gasteiger partial charge < -0.3 is 5.32 Å². The predicted octanol–water partition coefficient (Wildman–Crippen LogP) is 3.07. The maximum atomic E-state index is 12.1. The first-order valence-electron chi connectivity index (χ1n) is 6.11. The molecule has 1 amide bonds. The van der Waals surface area contributed by atoms with E-state index in [1.54, 1.807) is 18.0 Å². The maximum absolute atomic E-state index is 12.1. The Morgan fingerprint density at radius 3 is 3.11 bits per heavy atom. The molecule has 1 aromatic heterocycles. The van der Waals surface area contributed by atoms with E-state index < -0.39 is 0 Å². The molecule has 0 radical (unpaired) electrons. The molecule has 4 heteroatoms. The molecule has 1 unspecified atom stereocenters. The van der Waals surface area contributed by atoms with Crippen LogP contribution in [0.15, 0.2) is 36.5 Å². The van der Waals surface area contributed by atoms with Gasteiger partial charge in [-0.3, -0.25) is 9.78 Å². The number of thioether (sulfide) groups is 1. The Kier molecular flexibility index (Phi) is 3.19. The fraction of sp³-hybridized carbons (Fsp3) is 0.286. The number of nitrogens with zero attached hydrogens (tertiary/aromatic N) is 1. The molecule has 1 aliphatic rings. The highest BCUT2D eigenvalue weighted by Crippen LogP contribution is 2.28. The minimum absolute atomic E-state index is 0.108. The Balaban J connectivity index is 1.88. The van der Waals surface area contributed by atoms with E-state index in [2.05, 4.69) is 10.3 Å². The monoisotopic (exact) mass is 258 g/mol. The van der Waals surface area contributed by atoms with E-state index in [1.807, 2.05) is 30.3 Å². The van der Waals surface area contributed by atoms with Crippen molar-refractivity contribution < 1.29 is 4.79 Å². The molecule has 2 aromatic rings. The summed E-state index contributed by atoms with van der Waals surface area (Å²) in [6.45, 7) is 0. The van der Waals surface area contributed by atoms with Crippen molar-refractivity contribution in [1.82, 2.24) is 4.98 Å². The zero-order chi connectivity index (χ0) is 12.4. The summed E-state index contributed by atoms with van der Waals surface area (Å²) in [5, 5.41) is 4.13. The number of amides is 1. The summed E-state index contributed by atoms with van der Waals surface area (Å²) < 4.78 is 0. The number of pyridine rings is 1. The Hall–Kier alpha value is -1.55. The molecule has 2 heterocycles. The van der Waals surface area contributed by atoms with Crippen molar-refractivity contribution in [3.05, 3.63) is 36.5 Å². The number of hydrogen-bond donors (Lipinski definition) is 1. The highest BCUT2D eigenvalue weighted by molar-refractivity contribution is 8.00. The predicted molar refractivity (Wildman–Crippen MR) is 75.9 cm³/mol. The lowest BCUT2D eigenvalue weighted by Crippen LogP contribution is -2.22. The quantitative estimate of drug-likeness (QED) is 0.900. The first-order valence-corrected chi connectivity index (χ1v) is 7.16. The molecule has 1 N–H and O–H groups in total. The Labute approximate surface area is 110 Å². The second kappa shape index (κ2) is 4.98. The van der Waals surface area contributed by atoms with E-state index in [0.29, 0.717) is 0 Å².